The molecule has 0 spiro atoms. The molecule has 0 N–H and O–H groups in total. The Morgan fingerprint density at radius 3 is 1.53 bits per heavy atom. The van der Waals surface area contributed by atoms with Gasteiger partial charge in [0.1, 0.15) is 5.82 Å². The molecule has 0 aliphatic rings. The normalized spacial score (nSPS) is 11.8. The van der Waals surface area contributed by atoms with Crippen LogP contribution in [0.1, 0.15) is 0 Å². The van der Waals surface area contributed by atoms with Gasteiger partial charge in [-0.1, -0.05) is 115 Å². The third-order valence-corrected chi connectivity index (χ3v) is 9.64. The van der Waals surface area contributed by atoms with Gasteiger partial charge >= 0.3 is 0 Å². The molecule has 49 heavy (non-hydrogen) atoms. The van der Waals surface area contributed by atoms with Gasteiger partial charge in [-0.3, -0.25) is 9.36 Å². The molecular weight excluding hydrogens is 601 g/mol. The van der Waals surface area contributed by atoms with E-state index in [4.69, 9.17) is 4.98 Å². The molecule has 5 nitrogen and oxygen atoms in total. The summed E-state index contributed by atoms with van der Waals surface area (Å²) in [5.74, 6) is 0.607. The van der Waals surface area contributed by atoms with E-state index in [-0.39, 0.29) is 5.56 Å². The zero-order chi connectivity index (χ0) is 32.5. The molecule has 0 bridgehead atoms. The van der Waals surface area contributed by atoms with Crippen molar-refractivity contribution < 1.29 is 0 Å². The van der Waals surface area contributed by atoms with Crippen LogP contribution in [0.5, 0.6) is 0 Å². The number of fused-ring (bicyclic) bond motifs is 8. The fraction of sp³-hybridized carbons (Fsp3) is 0. The molecule has 5 heteroatoms. The number of rotatable bonds is 4. The fourth-order valence-corrected chi connectivity index (χ4v) is 7.54. The molecule has 0 saturated carbocycles. The summed E-state index contributed by atoms with van der Waals surface area (Å²) < 4.78 is 6.50. The van der Waals surface area contributed by atoms with Crippen molar-refractivity contribution in [3.8, 4) is 28.5 Å². The van der Waals surface area contributed by atoms with Crippen LogP contribution >= 0.6 is 0 Å². The van der Waals surface area contributed by atoms with Gasteiger partial charge in [0.2, 0.25) is 0 Å². The first-order chi connectivity index (χ1) is 24.3. The standard InChI is InChI=1S/C44H28N4O/c49-44-37-22-7-10-23-38(37)45-43(29-14-3-1-4-15-29)48(44)32-19-13-18-31(28-32)47-40-25-12-9-21-34(40)36-27-26-35-33-20-8-11-24-39(33)46(41(35)42(36)47)30-16-5-2-6-17-30/h1-28H. The van der Waals surface area contributed by atoms with Crippen LogP contribution in [0.4, 0.5) is 0 Å². The number of nitrogens with zero attached hydrogens (tertiary/aromatic N) is 4. The van der Waals surface area contributed by atoms with E-state index >= 15 is 0 Å². The zero-order valence-electron chi connectivity index (χ0n) is 26.4. The molecular formula is C44H28N4O. The highest BCUT2D eigenvalue weighted by atomic mass is 16.1. The lowest BCUT2D eigenvalue weighted by atomic mass is 10.1. The third kappa shape index (κ3) is 4.06. The summed E-state index contributed by atoms with van der Waals surface area (Å²) >= 11 is 0. The molecule has 0 unspecified atom stereocenters. The van der Waals surface area contributed by atoms with Gasteiger partial charge in [-0.2, -0.15) is 0 Å². The minimum absolute atomic E-state index is 0.101. The van der Waals surface area contributed by atoms with E-state index < -0.39 is 0 Å². The Hall–Kier alpha value is -6.72. The average Bonchev–Trinajstić information content (AvgIpc) is 3.69. The number of hydrogen-bond donors (Lipinski definition) is 0. The van der Waals surface area contributed by atoms with Crippen LogP contribution in [0.15, 0.2) is 175 Å². The van der Waals surface area contributed by atoms with Gasteiger partial charge in [0.05, 0.1) is 38.7 Å². The van der Waals surface area contributed by atoms with Crippen LogP contribution in [0.25, 0.3) is 83.0 Å². The minimum atomic E-state index is -0.101. The Morgan fingerprint density at radius 2 is 0.878 bits per heavy atom. The van der Waals surface area contributed by atoms with E-state index in [0.717, 1.165) is 44.7 Å². The van der Waals surface area contributed by atoms with E-state index in [1.807, 2.05) is 66.7 Å². The molecule has 0 saturated heterocycles. The van der Waals surface area contributed by atoms with E-state index in [2.05, 4.69) is 112 Å². The van der Waals surface area contributed by atoms with Gasteiger partial charge in [0.15, 0.2) is 0 Å². The van der Waals surface area contributed by atoms with Gasteiger partial charge < -0.3 is 9.13 Å². The molecule has 0 radical (unpaired) electrons. The van der Waals surface area contributed by atoms with Crippen molar-refractivity contribution in [2.45, 2.75) is 0 Å². The molecule has 230 valence electrons. The summed E-state index contributed by atoms with van der Waals surface area (Å²) in [6.45, 7) is 0. The summed E-state index contributed by atoms with van der Waals surface area (Å²) in [4.78, 5) is 19.4. The summed E-state index contributed by atoms with van der Waals surface area (Å²) in [5.41, 5.74) is 8.77. The van der Waals surface area contributed by atoms with E-state index in [1.54, 1.807) is 4.57 Å². The van der Waals surface area contributed by atoms with Gasteiger partial charge in [0, 0.05) is 38.5 Å². The fourth-order valence-electron chi connectivity index (χ4n) is 7.54. The molecule has 0 aliphatic carbocycles. The first-order valence-corrected chi connectivity index (χ1v) is 16.4. The van der Waals surface area contributed by atoms with Crippen molar-refractivity contribution in [2.24, 2.45) is 0 Å². The highest BCUT2D eigenvalue weighted by Crippen LogP contribution is 2.41. The van der Waals surface area contributed by atoms with Gasteiger partial charge in [0.25, 0.3) is 5.56 Å². The van der Waals surface area contributed by atoms with Crippen LogP contribution in [-0.2, 0) is 0 Å². The number of benzene rings is 7. The SMILES string of the molecule is O=c1c2ccccc2nc(-c2ccccc2)n1-c1cccc(-n2c3ccccc3c3ccc4c5ccccc5n(-c5ccccc5)c4c32)c1. The largest absolute Gasteiger partial charge is 0.307 e. The van der Waals surface area contributed by atoms with E-state index in [0.29, 0.717) is 16.7 Å². The van der Waals surface area contributed by atoms with Crippen molar-refractivity contribution in [1.29, 1.82) is 0 Å². The van der Waals surface area contributed by atoms with Crippen molar-refractivity contribution in [1.82, 2.24) is 18.7 Å². The number of para-hydroxylation sites is 4. The molecule has 3 aromatic heterocycles. The van der Waals surface area contributed by atoms with Crippen molar-refractivity contribution in [3.05, 3.63) is 180 Å². The quantitative estimate of drug-likeness (QED) is 0.195. The van der Waals surface area contributed by atoms with Crippen LogP contribution in [0.2, 0.25) is 0 Å². The van der Waals surface area contributed by atoms with E-state index in [9.17, 15) is 4.79 Å². The van der Waals surface area contributed by atoms with Gasteiger partial charge in [-0.05, 0) is 54.6 Å². The average molecular weight is 629 g/mol. The second-order valence-corrected chi connectivity index (χ2v) is 12.4. The summed E-state index contributed by atoms with van der Waals surface area (Å²) in [6, 6.07) is 58.1. The molecule has 3 heterocycles. The number of hydrogen-bond acceptors (Lipinski definition) is 2. The molecule has 10 aromatic rings. The third-order valence-electron chi connectivity index (χ3n) is 9.64. The smallest absolute Gasteiger partial charge is 0.266 e. The Kier molecular flexibility index (Phi) is 5.96. The zero-order valence-corrected chi connectivity index (χ0v) is 26.4. The molecule has 0 atom stereocenters. The number of aromatic nitrogens is 4. The van der Waals surface area contributed by atoms with Crippen LogP contribution in [0, 0.1) is 0 Å². The summed E-state index contributed by atoms with van der Waals surface area (Å²) in [6.07, 6.45) is 0. The monoisotopic (exact) mass is 628 g/mol. The maximum Gasteiger partial charge on any atom is 0.266 e. The topological polar surface area (TPSA) is 44.8 Å². The van der Waals surface area contributed by atoms with Gasteiger partial charge in [-0.15, -0.1) is 0 Å². The highest BCUT2D eigenvalue weighted by molar-refractivity contribution is 6.23. The predicted molar refractivity (Wildman–Crippen MR) is 201 cm³/mol. The van der Waals surface area contributed by atoms with Crippen LogP contribution in [-0.4, -0.2) is 18.7 Å². The second kappa shape index (κ2) is 10.7. The second-order valence-electron chi connectivity index (χ2n) is 12.4. The van der Waals surface area contributed by atoms with Gasteiger partial charge in [-0.25, -0.2) is 4.98 Å². The van der Waals surface area contributed by atoms with Crippen molar-refractivity contribution in [2.75, 3.05) is 0 Å². The lowest BCUT2D eigenvalue weighted by Crippen LogP contribution is -2.22. The maximum absolute atomic E-state index is 14.3. The van der Waals surface area contributed by atoms with Crippen molar-refractivity contribution in [3.63, 3.8) is 0 Å². The first-order valence-electron chi connectivity index (χ1n) is 16.4. The van der Waals surface area contributed by atoms with Crippen LogP contribution in [0.3, 0.4) is 0 Å². The van der Waals surface area contributed by atoms with Crippen molar-refractivity contribution >= 4 is 54.5 Å². The van der Waals surface area contributed by atoms with E-state index in [1.165, 1.54) is 21.5 Å². The molecule has 7 aromatic carbocycles. The lowest BCUT2D eigenvalue weighted by Gasteiger charge is -2.16. The Labute approximate surface area is 281 Å². The maximum atomic E-state index is 14.3. The highest BCUT2D eigenvalue weighted by Gasteiger charge is 2.22. The Bertz CT molecular complexity index is 2950. The predicted octanol–water partition coefficient (Wildman–Crippen LogP) is 10.2. The Balaban J connectivity index is 1.33. The Morgan fingerprint density at radius 1 is 0.388 bits per heavy atom. The molecule has 10 rings (SSSR count). The molecule has 0 amide bonds. The first kappa shape index (κ1) is 27.4. The lowest BCUT2D eigenvalue weighted by molar-refractivity contribution is 0.972. The summed E-state index contributed by atoms with van der Waals surface area (Å²) in [7, 11) is 0. The van der Waals surface area contributed by atoms with Crippen LogP contribution < -0.4 is 5.56 Å². The minimum Gasteiger partial charge on any atom is -0.307 e. The molecule has 0 fully saturated rings. The molecule has 0 aliphatic heterocycles. The summed E-state index contributed by atoms with van der Waals surface area (Å²) in [5, 5.41) is 5.31.